The van der Waals surface area contributed by atoms with Crippen LogP contribution in [-0.4, -0.2) is 29.2 Å². The summed E-state index contributed by atoms with van der Waals surface area (Å²) in [7, 11) is 1.46. The summed E-state index contributed by atoms with van der Waals surface area (Å²) in [5, 5.41) is 16.2. The van der Waals surface area contributed by atoms with E-state index < -0.39 is 17.2 Å². The minimum absolute atomic E-state index is 0.418. The first kappa shape index (κ1) is 18.9. The van der Waals surface area contributed by atoms with Gasteiger partial charge in [0.25, 0.3) is 0 Å². The number of para-hydroxylation sites is 1. The predicted molar refractivity (Wildman–Crippen MR) is 107 cm³/mol. The van der Waals surface area contributed by atoms with Crippen LogP contribution in [0.5, 0.6) is 0 Å². The highest BCUT2D eigenvalue weighted by Crippen LogP contribution is 2.38. The minimum Gasteiger partial charge on any atom is -0.341 e. The molecule has 3 rings (SSSR count). The van der Waals surface area contributed by atoms with Gasteiger partial charge in [0.05, 0.1) is 0 Å². The fraction of sp³-hybridized carbons (Fsp3) is 0.111. The summed E-state index contributed by atoms with van der Waals surface area (Å²) in [6.45, 7) is 0. The Balaban J connectivity index is 1.76. The number of rotatable bonds is 6. The maximum absolute atomic E-state index is 12.6. The average Bonchev–Trinajstić information content (AvgIpc) is 3.14. The Morgan fingerprint density at radius 3 is 2.33 bits per heavy atom. The van der Waals surface area contributed by atoms with Crippen molar-refractivity contribution in [3.8, 4) is 0 Å². The molecule has 3 aromatic rings. The maximum Gasteiger partial charge on any atom is 0.321 e. The van der Waals surface area contributed by atoms with E-state index in [0.29, 0.717) is 9.47 Å². The van der Waals surface area contributed by atoms with Gasteiger partial charge in [0.2, 0.25) is 11.0 Å². The summed E-state index contributed by atoms with van der Waals surface area (Å²) in [6.07, 6.45) is 0. The Kier molecular flexibility index (Phi) is 6.39. The molecule has 0 aliphatic rings. The van der Waals surface area contributed by atoms with Gasteiger partial charge in [-0.05, 0) is 17.7 Å². The lowest BCUT2D eigenvalue weighted by Gasteiger charge is -2.14. The third kappa shape index (κ3) is 5.28. The normalized spacial score (nSPS) is 11.4. The number of nitrogens with zero attached hydrogens (tertiary/aromatic N) is 2. The average molecular weight is 400 g/mol. The van der Waals surface area contributed by atoms with Crippen molar-refractivity contribution in [3.63, 3.8) is 0 Å². The third-order valence-electron chi connectivity index (χ3n) is 3.45. The lowest BCUT2D eigenvalue weighted by Crippen LogP contribution is -2.39. The Labute approximate surface area is 164 Å². The van der Waals surface area contributed by atoms with Gasteiger partial charge in [-0.25, -0.2) is 4.79 Å². The molecule has 0 saturated carbocycles. The van der Waals surface area contributed by atoms with Crippen molar-refractivity contribution in [2.45, 2.75) is 9.59 Å². The smallest absolute Gasteiger partial charge is 0.321 e. The number of hydrogen-bond acceptors (Lipinski definition) is 7. The van der Waals surface area contributed by atoms with E-state index in [2.05, 4.69) is 26.1 Å². The van der Waals surface area contributed by atoms with Crippen LogP contribution in [-0.2, 0) is 4.79 Å². The standard InChI is InChI=1S/C18H17N5O2S2/c1-19-16(25)21-15(24)14(12-8-4-2-5-9-12)26-18-23-22-17(27-18)20-13-10-6-3-7-11-13/h2-11,14H,1H3,(H,20,22)(H2,19,21,24,25)/t14-/m1/s1. The van der Waals surface area contributed by atoms with E-state index in [9.17, 15) is 9.59 Å². The van der Waals surface area contributed by atoms with Crippen LogP contribution in [0.2, 0.25) is 0 Å². The number of aromatic nitrogens is 2. The molecule has 0 radical (unpaired) electrons. The van der Waals surface area contributed by atoms with Gasteiger partial charge in [-0.3, -0.25) is 10.1 Å². The molecule has 0 bridgehead atoms. The zero-order valence-corrected chi connectivity index (χ0v) is 16.0. The minimum atomic E-state index is -0.624. The van der Waals surface area contributed by atoms with E-state index in [4.69, 9.17) is 0 Å². The fourth-order valence-corrected chi connectivity index (χ4v) is 4.16. The second kappa shape index (κ2) is 9.15. The van der Waals surface area contributed by atoms with E-state index >= 15 is 0 Å². The first-order chi connectivity index (χ1) is 13.2. The molecule has 0 spiro atoms. The lowest BCUT2D eigenvalue weighted by molar-refractivity contribution is -0.119. The highest BCUT2D eigenvalue weighted by atomic mass is 32.2. The van der Waals surface area contributed by atoms with Crippen LogP contribution in [0.3, 0.4) is 0 Å². The molecule has 27 heavy (non-hydrogen) atoms. The van der Waals surface area contributed by atoms with E-state index in [1.807, 2.05) is 60.7 Å². The summed E-state index contributed by atoms with van der Waals surface area (Å²) in [5.74, 6) is -0.418. The van der Waals surface area contributed by atoms with Crippen molar-refractivity contribution in [1.82, 2.24) is 20.8 Å². The number of nitrogens with one attached hydrogen (secondary N) is 3. The van der Waals surface area contributed by atoms with Crippen LogP contribution in [0, 0.1) is 0 Å². The lowest BCUT2D eigenvalue weighted by atomic mass is 10.1. The zero-order valence-electron chi connectivity index (χ0n) is 14.4. The van der Waals surface area contributed by atoms with Crippen LogP contribution < -0.4 is 16.0 Å². The van der Waals surface area contributed by atoms with Gasteiger partial charge in [0.1, 0.15) is 5.25 Å². The summed E-state index contributed by atoms with van der Waals surface area (Å²) in [4.78, 5) is 24.1. The molecule has 1 atom stereocenters. The van der Waals surface area contributed by atoms with Crippen molar-refractivity contribution < 1.29 is 9.59 Å². The van der Waals surface area contributed by atoms with Crippen LogP contribution in [0.25, 0.3) is 0 Å². The first-order valence-electron chi connectivity index (χ1n) is 8.05. The molecule has 0 fully saturated rings. The number of thioether (sulfide) groups is 1. The molecule has 0 aliphatic carbocycles. The highest BCUT2D eigenvalue weighted by Gasteiger charge is 2.25. The number of carbonyl (C=O) groups is 2. The van der Waals surface area contributed by atoms with E-state index in [1.165, 1.54) is 30.1 Å². The number of imide groups is 1. The number of amides is 3. The largest absolute Gasteiger partial charge is 0.341 e. The van der Waals surface area contributed by atoms with Gasteiger partial charge in [-0.1, -0.05) is 71.6 Å². The van der Waals surface area contributed by atoms with Crippen molar-refractivity contribution in [1.29, 1.82) is 0 Å². The molecule has 0 unspecified atom stereocenters. The van der Waals surface area contributed by atoms with Crippen LogP contribution in [0.1, 0.15) is 10.8 Å². The van der Waals surface area contributed by atoms with Gasteiger partial charge in [-0.2, -0.15) is 0 Å². The fourth-order valence-electron chi connectivity index (χ4n) is 2.19. The number of hydrogen-bond donors (Lipinski definition) is 3. The predicted octanol–water partition coefficient (Wildman–Crippen LogP) is 3.57. The van der Waals surface area contributed by atoms with Crippen molar-refractivity contribution in [3.05, 3.63) is 66.2 Å². The quantitative estimate of drug-likeness (QED) is 0.549. The van der Waals surface area contributed by atoms with Gasteiger partial charge < -0.3 is 10.6 Å². The van der Waals surface area contributed by atoms with E-state index in [1.54, 1.807) is 0 Å². The number of carbonyl (C=O) groups excluding carboxylic acids is 2. The van der Waals surface area contributed by atoms with Gasteiger partial charge >= 0.3 is 6.03 Å². The summed E-state index contributed by atoms with van der Waals surface area (Å²) < 4.78 is 0.620. The molecule has 3 amide bonds. The first-order valence-corrected chi connectivity index (χ1v) is 9.75. The highest BCUT2D eigenvalue weighted by molar-refractivity contribution is 8.01. The number of anilines is 2. The topological polar surface area (TPSA) is 96.0 Å². The molecule has 1 heterocycles. The van der Waals surface area contributed by atoms with Gasteiger partial charge in [-0.15, -0.1) is 10.2 Å². The molecule has 2 aromatic carbocycles. The molecule has 9 heteroatoms. The summed E-state index contributed by atoms with van der Waals surface area (Å²) in [6, 6.07) is 18.3. The van der Waals surface area contributed by atoms with Gasteiger partial charge in [0, 0.05) is 12.7 Å². The molecule has 0 aliphatic heterocycles. The van der Waals surface area contributed by atoms with E-state index in [0.717, 1.165) is 11.3 Å². The Bertz CT molecular complexity index is 902. The molecule has 0 saturated heterocycles. The summed E-state index contributed by atoms with van der Waals surface area (Å²) in [5.41, 5.74) is 1.68. The van der Waals surface area contributed by atoms with Gasteiger partial charge in [0.15, 0.2) is 4.34 Å². The molecular weight excluding hydrogens is 382 g/mol. The second-order valence-corrected chi connectivity index (χ2v) is 7.67. The molecule has 1 aromatic heterocycles. The molecule has 138 valence electrons. The third-order valence-corrected chi connectivity index (χ3v) is 5.63. The van der Waals surface area contributed by atoms with Crippen LogP contribution >= 0.6 is 23.1 Å². The van der Waals surface area contributed by atoms with Crippen LogP contribution in [0.4, 0.5) is 15.6 Å². The Morgan fingerprint density at radius 2 is 1.67 bits per heavy atom. The second-order valence-electron chi connectivity index (χ2n) is 5.34. The van der Waals surface area contributed by atoms with Crippen molar-refractivity contribution >= 4 is 45.9 Å². The van der Waals surface area contributed by atoms with Crippen LogP contribution in [0.15, 0.2) is 65.0 Å². The Hall–Kier alpha value is -2.91. The number of benzene rings is 2. The molecule has 7 nitrogen and oxygen atoms in total. The maximum atomic E-state index is 12.6. The zero-order chi connectivity index (χ0) is 19.1. The SMILES string of the molecule is CNC(=O)NC(=O)[C@H](Sc1nnc(Nc2ccccc2)s1)c1ccccc1. The monoisotopic (exact) mass is 399 g/mol. The molecular formula is C18H17N5O2S2. The molecule has 3 N–H and O–H groups in total. The summed E-state index contributed by atoms with van der Waals surface area (Å²) >= 11 is 2.59. The van der Waals surface area contributed by atoms with E-state index in [-0.39, 0.29) is 0 Å². The van der Waals surface area contributed by atoms with Crippen molar-refractivity contribution in [2.75, 3.05) is 12.4 Å². The number of urea groups is 1. The van der Waals surface area contributed by atoms with Crippen molar-refractivity contribution in [2.24, 2.45) is 0 Å². The Morgan fingerprint density at radius 1 is 1.00 bits per heavy atom.